The fourth-order valence-electron chi connectivity index (χ4n) is 2.61. The van der Waals surface area contributed by atoms with Crippen molar-refractivity contribution in [2.45, 2.75) is 46.1 Å². The molecule has 25 heavy (non-hydrogen) atoms. The van der Waals surface area contributed by atoms with E-state index < -0.39 is 0 Å². The van der Waals surface area contributed by atoms with E-state index in [1.54, 1.807) is 14.1 Å². The van der Waals surface area contributed by atoms with Crippen molar-refractivity contribution in [3.63, 3.8) is 0 Å². The standard InChI is InChI=1S/C20H33N3O2/c1-6-7-8-16-9-11-17(12-10-16)20(15(2)3)22-13-18(24)21-14-19(25)23(4)5/h9-12,15,20,22H,6-8,13-14H2,1-5H3,(H,21,24)/t20-/m0/s1. The lowest BCUT2D eigenvalue weighted by atomic mass is 9.94. The second kappa shape index (κ2) is 10.9. The first-order valence-electron chi connectivity index (χ1n) is 9.14. The van der Waals surface area contributed by atoms with Gasteiger partial charge in [-0.3, -0.25) is 9.59 Å². The van der Waals surface area contributed by atoms with Gasteiger partial charge in [-0.1, -0.05) is 51.5 Å². The summed E-state index contributed by atoms with van der Waals surface area (Å²) in [7, 11) is 3.34. The quantitative estimate of drug-likeness (QED) is 0.684. The van der Waals surface area contributed by atoms with Gasteiger partial charge in [0.2, 0.25) is 11.8 Å². The Bertz CT molecular complexity index is 538. The molecule has 0 heterocycles. The largest absolute Gasteiger partial charge is 0.347 e. The number of carbonyl (C=O) groups excluding carboxylic acids is 2. The Morgan fingerprint density at radius 1 is 1.08 bits per heavy atom. The van der Waals surface area contributed by atoms with E-state index >= 15 is 0 Å². The number of nitrogens with one attached hydrogen (secondary N) is 2. The molecule has 140 valence electrons. The first-order valence-corrected chi connectivity index (χ1v) is 9.14. The number of aryl methyl sites for hydroxylation is 1. The third-order valence-electron chi connectivity index (χ3n) is 4.24. The van der Waals surface area contributed by atoms with Crippen LogP contribution in [0, 0.1) is 5.92 Å². The van der Waals surface area contributed by atoms with Gasteiger partial charge in [-0.15, -0.1) is 0 Å². The van der Waals surface area contributed by atoms with Crippen LogP contribution in [0.1, 0.15) is 50.8 Å². The Hall–Kier alpha value is -1.88. The molecule has 5 heteroatoms. The number of carbonyl (C=O) groups is 2. The van der Waals surface area contributed by atoms with Crippen molar-refractivity contribution in [2.24, 2.45) is 5.92 Å². The maximum atomic E-state index is 12.0. The summed E-state index contributed by atoms with van der Waals surface area (Å²) in [4.78, 5) is 24.9. The second-order valence-corrected chi connectivity index (χ2v) is 7.01. The van der Waals surface area contributed by atoms with Crippen molar-refractivity contribution >= 4 is 11.8 Å². The zero-order valence-electron chi connectivity index (χ0n) is 16.3. The molecule has 5 nitrogen and oxygen atoms in total. The molecule has 0 radical (unpaired) electrons. The molecule has 1 aromatic rings. The van der Waals surface area contributed by atoms with Crippen LogP contribution in [0.5, 0.6) is 0 Å². The Morgan fingerprint density at radius 3 is 2.24 bits per heavy atom. The van der Waals surface area contributed by atoms with Crippen molar-refractivity contribution in [2.75, 3.05) is 27.2 Å². The van der Waals surface area contributed by atoms with Crippen molar-refractivity contribution < 1.29 is 9.59 Å². The van der Waals surface area contributed by atoms with Crippen molar-refractivity contribution in [3.8, 4) is 0 Å². The van der Waals surface area contributed by atoms with Crippen LogP contribution in [0.3, 0.4) is 0 Å². The minimum Gasteiger partial charge on any atom is -0.347 e. The lowest BCUT2D eigenvalue weighted by molar-refractivity contribution is -0.130. The maximum Gasteiger partial charge on any atom is 0.241 e. The molecule has 0 aliphatic carbocycles. The van der Waals surface area contributed by atoms with Gasteiger partial charge in [0.25, 0.3) is 0 Å². The molecule has 1 rings (SSSR count). The number of hydrogen-bond acceptors (Lipinski definition) is 3. The zero-order chi connectivity index (χ0) is 18.8. The first-order chi connectivity index (χ1) is 11.8. The van der Waals surface area contributed by atoms with Crippen LogP contribution in [-0.2, 0) is 16.0 Å². The van der Waals surface area contributed by atoms with Crippen LogP contribution in [0.4, 0.5) is 0 Å². The average Bonchev–Trinajstić information content (AvgIpc) is 2.58. The Labute approximate surface area is 152 Å². The SMILES string of the molecule is CCCCc1ccc([C@@H](NCC(=O)NCC(=O)N(C)C)C(C)C)cc1. The summed E-state index contributed by atoms with van der Waals surface area (Å²) in [5.41, 5.74) is 2.54. The van der Waals surface area contributed by atoms with Gasteiger partial charge in [0.1, 0.15) is 0 Å². The van der Waals surface area contributed by atoms with Gasteiger partial charge in [-0.05, 0) is 29.9 Å². The van der Waals surface area contributed by atoms with Crippen molar-refractivity contribution in [3.05, 3.63) is 35.4 Å². The minimum atomic E-state index is -0.166. The molecule has 1 atom stereocenters. The molecule has 1 aromatic carbocycles. The average molecular weight is 348 g/mol. The molecule has 0 unspecified atom stereocenters. The first kappa shape index (κ1) is 21.2. The van der Waals surface area contributed by atoms with Gasteiger partial charge < -0.3 is 15.5 Å². The van der Waals surface area contributed by atoms with Gasteiger partial charge in [0, 0.05) is 20.1 Å². The van der Waals surface area contributed by atoms with Gasteiger partial charge in [-0.2, -0.15) is 0 Å². The molecule has 0 spiro atoms. The molecule has 0 fully saturated rings. The summed E-state index contributed by atoms with van der Waals surface area (Å²) in [6, 6.07) is 8.76. The van der Waals surface area contributed by atoms with E-state index in [4.69, 9.17) is 0 Å². The summed E-state index contributed by atoms with van der Waals surface area (Å²) >= 11 is 0. The summed E-state index contributed by atoms with van der Waals surface area (Å²) in [6.45, 7) is 6.70. The highest BCUT2D eigenvalue weighted by molar-refractivity contribution is 5.85. The molecular formula is C20H33N3O2. The van der Waals surface area contributed by atoms with Crippen molar-refractivity contribution in [1.82, 2.24) is 15.5 Å². The van der Waals surface area contributed by atoms with Gasteiger partial charge in [0.05, 0.1) is 13.1 Å². The second-order valence-electron chi connectivity index (χ2n) is 7.01. The zero-order valence-corrected chi connectivity index (χ0v) is 16.3. The third kappa shape index (κ3) is 7.69. The highest BCUT2D eigenvalue weighted by atomic mass is 16.2. The minimum absolute atomic E-state index is 0.0337. The van der Waals surface area contributed by atoms with E-state index in [0.717, 1.165) is 6.42 Å². The predicted octanol–water partition coefficient (Wildman–Crippen LogP) is 2.52. The number of nitrogens with zero attached hydrogens (tertiary/aromatic N) is 1. The van der Waals surface area contributed by atoms with Gasteiger partial charge in [0.15, 0.2) is 0 Å². The fourth-order valence-corrected chi connectivity index (χ4v) is 2.61. The lowest BCUT2D eigenvalue weighted by Gasteiger charge is -2.23. The molecule has 0 bridgehead atoms. The Morgan fingerprint density at radius 2 is 1.72 bits per heavy atom. The predicted molar refractivity (Wildman–Crippen MR) is 102 cm³/mol. The van der Waals surface area contributed by atoms with Crippen LogP contribution in [0.25, 0.3) is 0 Å². The normalized spacial score (nSPS) is 12.1. The van der Waals surface area contributed by atoms with Gasteiger partial charge >= 0.3 is 0 Å². The van der Waals surface area contributed by atoms with E-state index in [1.165, 1.54) is 28.9 Å². The lowest BCUT2D eigenvalue weighted by Crippen LogP contribution is -2.41. The molecule has 0 aliphatic heterocycles. The van der Waals surface area contributed by atoms with Crippen LogP contribution >= 0.6 is 0 Å². The van der Waals surface area contributed by atoms with E-state index in [1.807, 2.05) is 0 Å². The topological polar surface area (TPSA) is 61.4 Å². The molecule has 2 amide bonds. The Balaban J connectivity index is 2.56. The van der Waals surface area contributed by atoms with E-state index in [0.29, 0.717) is 5.92 Å². The number of benzene rings is 1. The van der Waals surface area contributed by atoms with E-state index in [-0.39, 0.29) is 30.9 Å². The number of unbranched alkanes of at least 4 members (excludes halogenated alkanes) is 1. The smallest absolute Gasteiger partial charge is 0.241 e. The molecule has 0 aliphatic rings. The molecular weight excluding hydrogens is 314 g/mol. The molecule has 2 N–H and O–H groups in total. The molecule has 0 aromatic heterocycles. The van der Waals surface area contributed by atoms with Crippen LogP contribution in [-0.4, -0.2) is 43.9 Å². The number of amides is 2. The van der Waals surface area contributed by atoms with Crippen LogP contribution in [0.15, 0.2) is 24.3 Å². The van der Waals surface area contributed by atoms with Crippen molar-refractivity contribution in [1.29, 1.82) is 0 Å². The molecule has 0 saturated carbocycles. The van der Waals surface area contributed by atoms with E-state index in [9.17, 15) is 9.59 Å². The van der Waals surface area contributed by atoms with Crippen LogP contribution < -0.4 is 10.6 Å². The number of rotatable bonds is 10. The van der Waals surface area contributed by atoms with Gasteiger partial charge in [-0.25, -0.2) is 0 Å². The molecule has 0 saturated heterocycles. The summed E-state index contributed by atoms with van der Waals surface area (Å²) < 4.78 is 0. The fraction of sp³-hybridized carbons (Fsp3) is 0.600. The van der Waals surface area contributed by atoms with Crippen LogP contribution in [0.2, 0.25) is 0 Å². The highest BCUT2D eigenvalue weighted by Crippen LogP contribution is 2.22. The highest BCUT2D eigenvalue weighted by Gasteiger charge is 2.17. The maximum absolute atomic E-state index is 12.0. The Kier molecular flexibility index (Phi) is 9.21. The third-order valence-corrected chi connectivity index (χ3v) is 4.24. The van der Waals surface area contributed by atoms with E-state index in [2.05, 4.69) is 55.7 Å². The number of hydrogen-bond donors (Lipinski definition) is 2. The summed E-state index contributed by atoms with van der Waals surface area (Å²) in [5.74, 6) is 0.0783. The number of likely N-dealkylation sites (N-methyl/N-ethyl adjacent to an activating group) is 1. The summed E-state index contributed by atoms with van der Waals surface area (Å²) in [5, 5.41) is 5.96. The monoisotopic (exact) mass is 347 g/mol. The summed E-state index contributed by atoms with van der Waals surface area (Å²) in [6.07, 6.45) is 3.51.